The summed E-state index contributed by atoms with van der Waals surface area (Å²) in [6, 6.07) is 26.4. The Kier molecular flexibility index (Phi) is 7.84. The van der Waals surface area contributed by atoms with E-state index in [-0.39, 0.29) is 6.10 Å². The van der Waals surface area contributed by atoms with Crippen LogP contribution in [0.4, 0.5) is 10.6 Å². The third-order valence-electron chi connectivity index (χ3n) is 6.96. The van der Waals surface area contributed by atoms with Crippen LogP contribution in [0.25, 0.3) is 6.08 Å². The minimum atomic E-state index is -0.469. The molecule has 38 heavy (non-hydrogen) atoms. The number of nitrogens with zero attached hydrogens (tertiary/aromatic N) is 1. The Bertz CT molecular complexity index is 1410. The summed E-state index contributed by atoms with van der Waals surface area (Å²) in [6.45, 7) is 6.46. The number of carbonyl (C=O) groups is 1. The molecule has 1 aliphatic carbocycles. The van der Waals surface area contributed by atoms with Gasteiger partial charge in [-0.25, -0.2) is 9.78 Å². The normalized spacial score (nSPS) is 12.6. The largest absolute Gasteiger partial charge is 0.489 e. The van der Waals surface area contributed by atoms with Crippen LogP contribution in [0, 0.1) is 6.92 Å². The number of anilines is 1. The molecule has 0 spiro atoms. The molecule has 1 aromatic heterocycles. The summed E-state index contributed by atoms with van der Waals surface area (Å²) >= 11 is 0. The lowest BCUT2D eigenvalue weighted by molar-refractivity contribution is 0.116. The molecular weight excluding hydrogens is 472 g/mol. The van der Waals surface area contributed by atoms with Crippen molar-refractivity contribution < 1.29 is 14.3 Å². The van der Waals surface area contributed by atoms with Gasteiger partial charge in [0.25, 0.3) is 0 Å². The number of hydrogen-bond donors (Lipinski definition) is 1. The average molecular weight is 505 g/mol. The van der Waals surface area contributed by atoms with E-state index in [4.69, 9.17) is 9.47 Å². The number of hydrogen-bond acceptors (Lipinski definition) is 4. The molecule has 1 aliphatic rings. The summed E-state index contributed by atoms with van der Waals surface area (Å²) < 4.78 is 11.8. The van der Waals surface area contributed by atoms with E-state index in [1.54, 1.807) is 0 Å². The summed E-state index contributed by atoms with van der Waals surface area (Å²) in [7, 11) is 0. The fourth-order valence-corrected chi connectivity index (χ4v) is 4.87. The van der Waals surface area contributed by atoms with E-state index in [0.717, 1.165) is 59.3 Å². The number of pyridine rings is 1. The summed E-state index contributed by atoms with van der Waals surface area (Å²) in [5.41, 5.74) is 7.99. The highest BCUT2D eigenvalue weighted by Crippen LogP contribution is 2.26. The van der Waals surface area contributed by atoms with Gasteiger partial charge in [0.1, 0.15) is 24.3 Å². The van der Waals surface area contributed by atoms with Crippen molar-refractivity contribution in [3.8, 4) is 5.75 Å². The van der Waals surface area contributed by atoms with Gasteiger partial charge < -0.3 is 9.47 Å². The molecule has 1 heterocycles. The third-order valence-corrected chi connectivity index (χ3v) is 6.96. The first-order valence-electron chi connectivity index (χ1n) is 13.0. The van der Waals surface area contributed by atoms with E-state index in [1.165, 1.54) is 11.1 Å². The molecule has 0 atom stereocenters. The van der Waals surface area contributed by atoms with Crippen molar-refractivity contribution in [1.29, 1.82) is 0 Å². The monoisotopic (exact) mass is 504 g/mol. The van der Waals surface area contributed by atoms with Gasteiger partial charge in [0, 0.05) is 19.0 Å². The van der Waals surface area contributed by atoms with Crippen LogP contribution in [0.3, 0.4) is 0 Å². The van der Waals surface area contributed by atoms with Crippen molar-refractivity contribution >= 4 is 18.0 Å². The van der Waals surface area contributed by atoms with E-state index in [2.05, 4.69) is 47.2 Å². The Hall–Kier alpha value is -4.38. The van der Waals surface area contributed by atoms with Crippen LogP contribution >= 0.6 is 0 Å². The first-order chi connectivity index (χ1) is 18.6. The summed E-state index contributed by atoms with van der Waals surface area (Å²) in [5.74, 6) is 1.37. The molecular formula is C33H32N2O3. The van der Waals surface area contributed by atoms with Crippen LogP contribution in [0.5, 0.6) is 5.75 Å². The third kappa shape index (κ3) is 6.30. The SMILES string of the molecule is C=Cc1ccc(OCc2ccccc2)c(CCc2cnc(NC(=O)OC3Cc4ccccc4C3)cc2C)c1. The van der Waals surface area contributed by atoms with Crippen LogP contribution < -0.4 is 10.1 Å². The number of ether oxygens (including phenoxy) is 2. The molecule has 0 radical (unpaired) electrons. The van der Waals surface area contributed by atoms with Crippen LogP contribution in [0.1, 0.15) is 38.9 Å². The number of rotatable bonds is 9. The maximum absolute atomic E-state index is 12.5. The van der Waals surface area contributed by atoms with Crippen LogP contribution in [0.2, 0.25) is 0 Å². The zero-order valence-corrected chi connectivity index (χ0v) is 21.7. The predicted molar refractivity (Wildman–Crippen MR) is 151 cm³/mol. The highest BCUT2D eigenvalue weighted by Gasteiger charge is 2.24. The Morgan fingerprint density at radius 1 is 0.974 bits per heavy atom. The maximum Gasteiger partial charge on any atom is 0.413 e. The number of benzene rings is 3. The van der Waals surface area contributed by atoms with Crippen molar-refractivity contribution in [3.05, 3.63) is 131 Å². The lowest BCUT2D eigenvalue weighted by atomic mass is 10.00. The van der Waals surface area contributed by atoms with Crippen molar-refractivity contribution in [1.82, 2.24) is 4.98 Å². The van der Waals surface area contributed by atoms with Gasteiger partial charge in [0.2, 0.25) is 0 Å². The van der Waals surface area contributed by atoms with Gasteiger partial charge in [-0.3, -0.25) is 5.32 Å². The molecule has 0 bridgehead atoms. The molecule has 5 heteroatoms. The summed E-state index contributed by atoms with van der Waals surface area (Å²) in [6.07, 6.45) is 6.16. The van der Waals surface area contributed by atoms with Crippen molar-refractivity contribution in [2.24, 2.45) is 0 Å². The summed E-state index contributed by atoms with van der Waals surface area (Å²) in [5, 5.41) is 2.79. The van der Waals surface area contributed by atoms with E-state index in [1.807, 2.05) is 67.7 Å². The average Bonchev–Trinajstić information content (AvgIpc) is 3.34. The number of fused-ring (bicyclic) bond motifs is 1. The standard InChI is InChI=1S/C33H32N2O3/c1-3-24-13-16-31(37-22-25-9-5-4-6-10-25)28(18-24)14-15-29-21-34-32(17-23(29)2)35-33(36)38-30-19-26-11-7-8-12-27(26)20-30/h3-13,16-18,21,30H,1,14-15,19-20,22H2,2H3,(H,34,35,36). The van der Waals surface area contributed by atoms with Crippen molar-refractivity contribution in [2.75, 3.05) is 5.32 Å². The van der Waals surface area contributed by atoms with Gasteiger partial charge in [-0.1, -0.05) is 73.3 Å². The van der Waals surface area contributed by atoms with Crippen LogP contribution in [-0.2, 0) is 37.0 Å². The maximum atomic E-state index is 12.5. The zero-order chi connectivity index (χ0) is 26.3. The molecule has 0 aliphatic heterocycles. The fourth-order valence-electron chi connectivity index (χ4n) is 4.87. The number of amides is 1. The van der Waals surface area contributed by atoms with Crippen molar-refractivity contribution in [2.45, 2.75) is 45.3 Å². The molecule has 0 unspecified atom stereocenters. The van der Waals surface area contributed by atoms with Gasteiger partial charge in [-0.15, -0.1) is 0 Å². The molecule has 4 aromatic rings. The van der Waals surface area contributed by atoms with Crippen molar-refractivity contribution in [3.63, 3.8) is 0 Å². The molecule has 0 saturated heterocycles. The first-order valence-corrected chi connectivity index (χ1v) is 13.0. The lowest BCUT2D eigenvalue weighted by Crippen LogP contribution is -2.23. The second kappa shape index (κ2) is 11.8. The van der Waals surface area contributed by atoms with E-state index >= 15 is 0 Å². The Morgan fingerprint density at radius 2 is 1.68 bits per heavy atom. The van der Waals surface area contributed by atoms with Gasteiger partial charge in [-0.05, 0) is 76.9 Å². The minimum absolute atomic E-state index is 0.141. The van der Waals surface area contributed by atoms with Gasteiger partial charge in [0.15, 0.2) is 0 Å². The molecule has 3 aromatic carbocycles. The smallest absolute Gasteiger partial charge is 0.413 e. The molecule has 5 rings (SSSR count). The molecule has 192 valence electrons. The molecule has 1 amide bonds. The molecule has 0 fully saturated rings. The Labute approximate surface area is 224 Å². The molecule has 0 saturated carbocycles. The number of aromatic nitrogens is 1. The van der Waals surface area contributed by atoms with E-state index < -0.39 is 6.09 Å². The first kappa shape index (κ1) is 25.3. The summed E-state index contributed by atoms with van der Waals surface area (Å²) in [4.78, 5) is 17.0. The van der Waals surface area contributed by atoms with Crippen LogP contribution in [0.15, 0.2) is 91.6 Å². The number of nitrogens with one attached hydrogen (secondary N) is 1. The molecule has 5 nitrogen and oxygen atoms in total. The van der Waals surface area contributed by atoms with Gasteiger partial charge >= 0.3 is 6.09 Å². The van der Waals surface area contributed by atoms with E-state index in [9.17, 15) is 4.79 Å². The van der Waals surface area contributed by atoms with E-state index in [0.29, 0.717) is 12.4 Å². The second-order valence-corrected chi connectivity index (χ2v) is 9.67. The van der Waals surface area contributed by atoms with Gasteiger partial charge in [-0.2, -0.15) is 0 Å². The Balaban J connectivity index is 1.19. The highest BCUT2D eigenvalue weighted by molar-refractivity contribution is 5.83. The second-order valence-electron chi connectivity index (χ2n) is 9.67. The highest BCUT2D eigenvalue weighted by atomic mass is 16.6. The van der Waals surface area contributed by atoms with Gasteiger partial charge in [0.05, 0.1) is 0 Å². The quantitative estimate of drug-likeness (QED) is 0.264. The minimum Gasteiger partial charge on any atom is -0.489 e. The van der Waals surface area contributed by atoms with Crippen LogP contribution in [-0.4, -0.2) is 17.2 Å². The lowest BCUT2D eigenvalue weighted by Gasteiger charge is -2.14. The number of aryl methyl sites for hydroxylation is 3. The topological polar surface area (TPSA) is 60.5 Å². The predicted octanol–water partition coefficient (Wildman–Crippen LogP) is 7.11. The zero-order valence-electron chi connectivity index (χ0n) is 21.7. The molecule has 1 N–H and O–H groups in total. The Morgan fingerprint density at radius 3 is 2.39 bits per heavy atom. The fraction of sp³-hybridized carbons (Fsp3) is 0.212. The number of carbonyl (C=O) groups excluding carboxylic acids is 1.